The molecule has 3 aromatic carbocycles. The van der Waals surface area contributed by atoms with Gasteiger partial charge in [0.2, 0.25) is 0 Å². The first kappa shape index (κ1) is 19.4. The predicted octanol–water partition coefficient (Wildman–Crippen LogP) is 4.95. The molecule has 5 atom stereocenters. The molecule has 0 saturated carbocycles. The summed E-state index contributed by atoms with van der Waals surface area (Å²) in [5, 5.41) is 11.0. The summed E-state index contributed by atoms with van der Waals surface area (Å²) in [5.74, 6) is 2.73. The van der Waals surface area contributed by atoms with E-state index in [-0.39, 0.29) is 11.5 Å². The lowest BCUT2D eigenvalue weighted by molar-refractivity contribution is -0.0452. The average molecular weight is 438 g/mol. The fraction of sp³-hybridized carbons (Fsp3) is 0.310. The van der Waals surface area contributed by atoms with Crippen molar-refractivity contribution in [3.05, 3.63) is 90.0 Å². The molecule has 33 heavy (non-hydrogen) atoms. The topological polar surface area (TPSA) is 41.9 Å². The number of hydrogen-bond donors (Lipinski definition) is 1. The van der Waals surface area contributed by atoms with Gasteiger partial charge < -0.3 is 19.5 Å². The lowest BCUT2D eigenvalue weighted by Crippen LogP contribution is -2.64. The third-order valence-electron chi connectivity index (χ3n) is 8.33. The lowest BCUT2D eigenvalue weighted by Gasteiger charge is -2.56. The maximum absolute atomic E-state index is 11.0. The van der Waals surface area contributed by atoms with E-state index >= 15 is 0 Å². The second-order valence-electron chi connectivity index (χ2n) is 9.87. The first-order valence-corrected chi connectivity index (χ1v) is 11.9. The molecule has 0 unspecified atom stereocenters. The van der Waals surface area contributed by atoms with Crippen LogP contribution in [0.1, 0.15) is 17.5 Å². The Morgan fingerprint density at radius 3 is 2.67 bits per heavy atom. The zero-order chi connectivity index (χ0) is 22.2. The van der Waals surface area contributed by atoms with Crippen molar-refractivity contribution in [1.29, 1.82) is 0 Å². The van der Waals surface area contributed by atoms with Crippen LogP contribution in [-0.4, -0.2) is 41.8 Å². The largest absolute Gasteiger partial charge is 0.482 e. The Hall–Kier alpha value is -3.08. The van der Waals surface area contributed by atoms with Gasteiger partial charge in [-0.2, -0.15) is 0 Å². The number of benzene rings is 3. The van der Waals surface area contributed by atoms with Gasteiger partial charge in [0.15, 0.2) is 11.5 Å². The quantitative estimate of drug-likeness (QED) is 0.589. The van der Waals surface area contributed by atoms with E-state index in [1.165, 1.54) is 11.1 Å². The van der Waals surface area contributed by atoms with E-state index in [0.717, 1.165) is 47.8 Å². The van der Waals surface area contributed by atoms with Crippen LogP contribution in [0.25, 0.3) is 11.1 Å². The monoisotopic (exact) mass is 437 g/mol. The summed E-state index contributed by atoms with van der Waals surface area (Å²) < 4.78 is 13.2. The maximum Gasteiger partial charge on any atom is 0.169 e. The molecule has 1 saturated heterocycles. The van der Waals surface area contributed by atoms with Gasteiger partial charge in [-0.15, -0.1) is 0 Å². The average Bonchev–Trinajstić information content (AvgIpc) is 3.20. The maximum atomic E-state index is 11.0. The van der Waals surface area contributed by atoms with Gasteiger partial charge in [-0.3, -0.25) is 0 Å². The van der Waals surface area contributed by atoms with E-state index in [9.17, 15) is 5.11 Å². The van der Waals surface area contributed by atoms with Crippen molar-refractivity contribution in [3.8, 4) is 28.4 Å². The number of ether oxygens (including phenoxy) is 2. The number of likely N-dealkylation sites (tertiary alicyclic amines) is 1. The summed E-state index contributed by atoms with van der Waals surface area (Å²) in [6.45, 7) is 1.02. The van der Waals surface area contributed by atoms with Crippen molar-refractivity contribution in [2.75, 3.05) is 13.6 Å². The lowest BCUT2D eigenvalue weighted by atomic mass is 9.53. The van der Waals surface area contributed by atoms with E-state index in [1.54, 1.807) is 0 Å². The highest BCUT2D eigenvalue weighted by molar-refractivity contribution is 5.71. The SMILES string of the molecule is CN1CC[C@]23c4c5ccc(Oc6ccccc6-c6ccccc6)c4O[C@H]2[C@@H](O)C=C[C@H]3[C@H]1C5. The molecule has 0 amide bonds. The van der Waals surface area contributed by atoms with Gasteiger partial charge in [-0.1, -0.05) is 66.7 Å². The number of aliphatic hydroxyl groups excluding tert-OH is 1. The van der Waals surface area contributed by atoms with Crippen LogP contribution in [0, 0.1) is 5.92 Å². The summed E-state index contributed by atoms with van der Waals surface area (Å²) in [5.41, 5.74) is 4.61. The van der Waals surface area contributed by atoms with Gasteiger partial charge in [0.05, 0.1) is 0 Å². The Morgan fingerprint density at radius 2 is 1.79 bits per heavy atom. The molecule has 0 radical (unpaired) electrons. The Kier molecular flexibility index (Phi) is 4.09. The minimum Gasteiger partial charge on any atom is -0.482 e. The van der Waals surface area contributed by atoms with Crippen LogP contribution in [0.15, 0.2) is 78.9 Å². The molecule has 1 N–H and O–H groups in total. The van der Waals surface area contributed by atoms with E-state index in [0.29, 0.717) is 12.0 Å². The molecule has 2 heterocycles. The van der Waals surface area contributed by atoms with Crippen LogP contribution in [0.4, 0.5) is 0 Å². The van der Waals surface area contributed by atoms with Crippen LogP contribution in [0.3, 0.4) is 0 Å². The zero-order valence-electron chi connectivity index (χ0n) is 18.6. The first-order chi connectivity index (χ1) is 16.2. The van der Waals surface area contributed by atoms with Gasteiger partial charge in [0.1, 0.15) is 18.0 Å². The molecule has 4 heteroatoms. The van der Waals surface area contributed by atoms with E-state index < -0.39 is 6.10 Å². The standard InChI is InChI=1S/C29H27NO3/c1-30-16-15-29-21-12-13-23(31)28(29)33-27-25(14-11-19(26(27)29)17-22(21)30)32-24-10-6-5-9-20(24)18-7-3-2-4-8-18/h2-14,21-23,28,31H,15-17H2,1H3/t21-,22+,23-,28-,29-/m0/s1. The predicted molar refractivity (Wildman–Crippen MR) is 128 cm³/mol. The highest BCUT2D eigenvalue weighted by Gasteiger charge is 2.64. The molecule has 2 bridgehead atoms. The van der Waals surface area contributed by atoms with Crippen molar-refractivity contribution in [3.63, 3.8) is 0 Å². The number of aliphatic hydroxyl groups is 1. The van der Waals surface area contributed by atoms with Crippen LogP contribution in [0.5, 0.6) is 17.2 Å². The molecule has 3 aromatic rings. The number of hydrogen-bond acceptors (Lipinski definition) is 4. The van der Waals surface area contributed by atoms with Gasteiger partial charge >= 0.3 is 0 Å². The Morgan fingerprint density at radius 1 is 0.970 bits per heavy atom. The number of rotatable bonds is 3. The molecule has 166 valence electrons. The summed E-state index contributed by atoms with van der Waals surface area (Å²) in [4.78, 5) is 2.48. The van der Waals surface area contributed by atoms with Gasteiger partial charge in [-0.25, -0.2) is 0 Å². The second kappa shape index (κ2) is 6.96. The Balaban J connectivity index is 1.37. The summed E-state index contributed by atoms with van der Waals surface area (Å²) in [6, 6.07) is 23.2. The summed E-state index contributed by atoms with van der Waals surface area (Å²) in [6.07, 6.45) is 5.33. The number of nitrogens with zero attached hydrogens (tertiary/aromatic N) is 1. The fourth-order valence-corrected chi connectivity index (χ4v) is 6.84. The van der Waals surface area contributed by atoms with Crippen molar-refractivity contribution in [2.45, 2.75) is 36.5 Å². The van der Waals surface area contributed by atoms with E-state index in [2.05, 4.69) is 48.4 Å². The first-order valence-electron chi connectivity index (χ1n) is 11.9. The number of para-hydroxylation sites is 1. The minimum atomic E-state index is -0.604. The normalized spacial score (nSPS) is 31.1. The smallest absolute Gasteiger partial charge is 0.169 e. The molecule has 4 aliphatic rings. The zero-order valence-corrected chi connectivity index (χ0v) is 18.6. The highest BCUT2D eigenvalue weighted by Crippen LogP contribution is 2.62. The van der Waals surface area contributed by atoms with Crippen LogP contribution in [-0.2, 0) is 11.8 Å². The molecule has 1 spiro atoms. The van der Waals surface area contributed by atoms with Crippen molar-refractivity contribution >= 4 is 0 Å². The molecule has 2 aliphatic carbocycles. The molecular weight excluding hydrogens is 410 g/mol. The second-order valence-corrected chi connectivity index (χ2v) is 9.87. The molecule has 2 aliphatic heterocycles. The number of likely N-dealkylation sites (N-methyl/N-ethyl adjacent to an activating group) is 1. The van der Waals surface area contributed by atoms with Crippen LogP contribution < -0.4 is 9.47 Å². The minimum absolute atomic E-state index is 0.174. The van der Waals surface area contributed by atoms with Crippen LogP contribution in [0.2, 0.25) is 0 Å². The molecule has 0 aromatic heterocycles. The molecule has 7 rings (SSSR count). The van der Waals surface area contributed by atoms with Gasteiger partial charge in [-0.05, 0) is 49.7 Å². The molecule has 1 fully saturated rings. The third-order valence-corrected chi connectivity index (χ3v) is 8.33. The van der Waals surface area contributed by atoms with Crippen LogP contribution >= 0.6 is 0 Å². The highest BCUT2D eigenvalue weighted by atomic mass is 16.5. The van der Waals surface area contributed by atoms with Gasteiger partial charge in [0, 0.05) is 28.5 Å². The molecular formula is C29H27NO3. The van der Waals surface area contributed by atoms with E-state index in [1.807, 2.05) is 42.5 Å². The van der Waals surface area contributed by atoms with Crippen molar-refractivity contribution in [2.24, 2.45) is 5.92 Å². The van der Waals surface area contributed by atoms with Crippen molar-refractivity contribution < 1.29 is 14.6 Å². The van der Waals surface area contributed by atoms with E-state index in [4.69, 9.17) is 9.47 Å². The summed E-state index contributed by atoms with van der Waals surface area (Å²) in [7, 11) is 2.23. The van der Waals surface area contributed by atoms with Crippen molar-refractivity contribution in [1.82, 2.24) is 4.90 Å². The third kappa shape index (κ3) is 2.59. The Labute approximate surface area is 194 Å². The number of piperidine rings is 1. The van der Waals surface area contributed by atoms with Gasteiger partial charge in [0.25, 0.3) is 0 Å². The molecule has 4 nitrogen and oxygen atoms in total. The fourth-order valence-electron chi connectivity index (χ4n) is 6.84. The Bertz CT molecular complexity index is 1270. The summed E-state index contributed by atoms with van der Waals surface area (Å²) >= 11 is 0.